The van der Waals surface area contributed by atoms with E-state index in [4.69, 9.17) is 9.05 Å². The molecule has 2 aromatic heterocycles. The van der Waals surface area contributed by atoms with Crippen LogP contribution >= 0.6 is 7.60 Å². The van der Waals surface area contributed by atoms with Crippen LogP contribution in [-0.2, 0) is 26.7 Å². The van der Waals surface area contributed by atoms with Gasteiger partial charge in [-0.15, -0.1) is 0 Å². The van der Waals surface area contributed by atoms with Crippen molar-refractivity contribution in [2.45, 2.75) is 40.3 Å². The quantitative estimate of drug-likeness (QED) is 0.155. The number of halogens is 1. The van der Waals surface area contributed by atoms with Gasteiger partial charge in [-0.25, -0.2) is 0 Å². The smallest absolute Gasteiger partial charge is 0.330 e. The zero-order valence-corrected chi connectivity index (χ0v) is 25.3. The highest BCUT2D eigenvalue weighted by molar-refractivity contribution is 7.53. The molecule has 0 aliphatic rings. The fraction of sp³-hybridized carbons (Fsp3) is 0.281. The molecule has 39 heavy (non-hydrogen) atoms. The van der Waals surface area contributed by atoms with Crippen molar-refractivity contribution < 1.29 is 35.2 Å². The van der Waals surface area contributed by atoms with Crippen molar-refractivity contribution >= 4 is 52.5 Å². The van der Waals surface area contributed by atoms with E-state index in [2.05, 4.69) is 107 Å². The van der Waals surface area contributed by atoms with Crippen LogP contribution in [0.15, 0.2) is 79.0 Å². The van der Waals surface area contributed by atoms with Crippen molar-refractivity contribution in [2.75, 3.05) is 19.4 Å². The van der Waals surface area contributed by atoms with Crippen molar-refractivity contribution in [2.24, 2.45) is 0 Å². The average Bonchev–Trinajstić information content (AvgIpc) is 3.25. The van der Waals surface area contributed by atoms with Gasteiger partial charge in [0.2, 0.25) is 5.52 Å². The number of para-hydroxylation sites is 2. The van der Waals surface area contributed by atoms with Gasteiger partial charge in [0, 0.05) is 46.9 Å². The first-order valence-corrected chi connectivity index (χ1v) is 15.3. The van der Waals surface area contributed by atoms with Gasteiger partial charge < -0.3 is 30.6 Å². The van der Waals surface area contributed by atoms with E-state index in [9.17, 15) is 4.57 Å². The highest BCUT2D eigenvalue weighted by Gasteiger charge is 2.24. The molecule has 0 spiro atoms. The first-order chi connectivity index (χ1) is 18.6. The summed E-state index contributed by atoms with van der Waals surface area (Å²) in [5, 5.41) is 3.77. The van der Waals surface area contributed by atoms with Crippen molar-refractivity contribution in [3.63, 3.8) is 0 Å². The molecule has 0 aliphatic carbocycles. The molecule has 5 nitrogen and oxygen atoms in total. The summed E-state index contributed by atoms with van der Waals surface area (Å²) in [6.45, 7) is 8.37. The molecule has 0 aliphatic heterocycles. The molecular weight excluding hydrogens is 571 g/mol. The molecule has 204 valence electrons. The van der Waals surface area contributed by atoms with Gasteiger partial charge in [-0.3, -0.25) is 4.57 Å². The van der Waals surface area contributed by atoms with Crippen LogP contribution in [0.4, 0.5) is 0 Å². The lowest BCUT2D eigenvalue weighted by Crippen LogP contribution is -3.00. The van der Waals surface area contributed by atoms with Gasteiger partial charge in [-0.05, 0) is 56.2 Å². The third kappa shape index (κ3) is 6.20. The van der Waals surface area contributed by atoms with Crippen LogP contribution in [0.5, 0.6) is 0 Å². The van der Waals surface area contributed by atoms with Gasteiger partial charge in [0.15, 0.2) is 6.20 Å². The molecule has 0 saturated carbocycles. The van der Waals surface area contributed by atoms with E-state index >= 15 is 0 Å². The molecule has 0 amide bonds. The normalized spacial score (nSPS) is 12.1. The Bertz CT molecular complexity index is 1650. The molecule has 0 bridgehead atoms. The lowest BCUT2D eigenvalue weighted by Gasteiger charge is -2.16. The lowest BCUT2D eigenvalue weighted by molar-refractivity contribution is -0.671. The summed E-state index contributed by atoms with van der Waals surface area (Å²) in [5.41, 5.74) is 6.06. The standard InChI is InChI=1S/C32H36N2O3P.BrH/c1-4-34-31-15-10-8-13-28(31)29-24-25(17-19-32(29)34)16-18-26-20-22-33(30-14-9-7-12-27(26)30)21-11-23-38(35,36-5-2)37-6-3;/h7-10,12-20,22,24H,4-6,11,21,23H2,1-3H3;1H/q+1;/p-1. The molecule has 5 aromatic rings. The SMILES string of the molecule is CCOP(=O)(CCC[n+]1ccc(C=Cc2ccc3c(c2)c2ccccc2n3CC)c2ccccc21)OCC.[Br-]. The summed E-state index contributed by atoms with van der Waals surface area (Å²) in [6, 6.07) is 26.0. The summed E-state index contributed by atoms with van der Waals surface area (Å²) in [4.78, 5) is 0. The van der Waals surface area contributed by atoms with Gasteiger partial charge in [0.25, 0.3) is 0 Å². The number of aryl methyl sites for hydroxylation is 2. The predicted molar refractivity (Wildman–Crippen MR) is 159 cm³/mol. The van der Waals surface area contributed by atoms with Crippen LogP contribution in [0.1, 0.15) is 38.3 Å². The van der Waals surface area contributed by atoms with E-state index in [0.29, 0.717) is 25.8 Å². The van der Waals surface area contributed by atoms with Crippen LogP contribution in [-0.4, -0.2) is 23.9 Å². The maximum absolute atomic E-state index is 12.8. The Morgan fingerprint density at radius 3 is 2.26 bits per heavy atom. The minimum Gasteiger partial charge on any atom is -1.00 e. The molecular formula is C32H36BrN2O3P. The molecule has 0 fully saturated rings. The van der Waals surface area contributed by atoms with Crippen LogP contribution in [0.3, 0.4) is 0 Å². The van der Waals surface area contributed by atoms with E-state index in [1.165, 1.54) is 38.3 Å². The minimum atomic E-state index is -3.03. The minimum absolute atomic E-state index is 0. The largest absolute Gasteiger partial charge is 1.00 e. The molecule has 5 rings (SSSR count). The van der Waals surface area contributed by atoms with E-state index in [1.807, 2.05) is 13.8 Å². The van der Waals surface area contributed by atoms with Crippen molar-refractivity contribution in [3.8, 4) is 0 Å². The Kier molecular flexibility index (Phi) is 9.79. The van der Waals surface area contributed by atoms with Gasteiger partial charge in [0.05, 0.1) is 24.8 Å². The highest BCUT2D eigenvalue weighted by atomic mass is 79.9. The number of pyridine rings is 1. The third-order valence-electron chi connectivity index (χ3n) is 7.01. The summed E-state index contributed by atoms with van der Waals surface area (Å²) in [7, 11) is -3.03. The van der Waals surface area contributed by atoms with Gasteiger partial charge in [0.1, 0.15) is 6.54 Å². The van der Waals surface area contributed by atoms with Crippen molar-refractivity contribution in [1.82, 2.24) is 4.57 Å². The number of fused-ring (bicyclic) bond motifs is 4. The Balaban J connectivity index is 0.00000353. The molecule has 0 radical (unpaired) electrons. The zero-order valence-electron chi connectivity index (χ0n) is 22.8. The van der Waals surface area contributed by atoms with Gasteiger partial charge >= 0.3 is 7.60 Å². The highest BCUT2D eigenvalue weighted by Crippen LogP contribution is 2.48. The van der Waals surface area contributed by atoms with Gasteiger partial charge in [-0.1, -0.05) is 48.6 Å². The van der Waals surface area contributed by atoms with E-state index in [1.54, 1.807) is 0 Å². The number of hydrogen-bond donors (Lipinski definition) is 0. The average molecular weight is 608 g/mol. The summed E-state index contributed by atoms with van der Waals surface area (Å²) < 4.78 is 28.4. The second-order valence-electron chi connectivity index (χ2n) is 9.38. The molecule has 3 aromatic carbocycles. The van der Waals surface area contributed by atoms with Crippen molar-refractivity contribution in [1.29, 1.82) is 0 Å². The molecule has 0 saturated heterocycles. The molecule has 0 atom stereocenters. The summed E-state index contributed by atoms with van der Waals surface area (Å²) >= 11 is 0. The molecule has 7 heteroatoms. The number of rotatable bonds is 11. The van der Waals surface area contributed by atoms with Gasteiger partial charge in [-0.2, -0.15) is 4.57 Å². The first-order valence-electron chi connectivity index (χ1n) is 13.5. The van der Waals surface area contributed by atoms with Crippen LogP contribution in [0.25, 0.3) is 44.9 Å². The maximum Gasteiger partial charge on any atom is 0.330 e. The Morgan fingerprint density at radius 1 is 0.821 bits per heavy atom. The lowest BCUT2D eigenvalue weighted by atomic mass is 10.1. The molecule has 2 heterocycles. The van der Waals surface area contributed by atoms with E-state index < -0.39 is 7.60 Å². The third-order valence-corrected chi connectivity index (χ3v) is 9.18. The van der Waals surface area contributed by atoms with Crippen LogP contribution < -0.4 is 21.5 Å². The zero-order chi connectivity index (χ0) is 26.5. The molecule has 0 N–H and O–H groups in total. The predicted octanol–water partition coefficient (Wildman–Crippen LogP) is 5.09. The second kappa shape index (κ2) is 13.1. The Hall–Kier alpha value is -2.76. The van der Waals surface area contributed by atoms with Crippen LogP contribution in [0.2, 0.25) is 0 Å². The maximum atomic E-state index is 12.8. The van der Waals surface area contributed by atoms with Crippen LogP contribution in [0, 0.1) is 0 Å². The Morgan fingerprint density at radius 2 is 1.51 bits per heavy atom. The number of aromatic nitrogens is 2. The fourth-order valence-corrected chi connectivity index (χ4v) is 6.99. The topological polar surface area (TPSA) is 44.3 Å². The van der Waals surface area contributed by atoms with E-state index in [-0.39, 0.29) is 17.0 Å². The fourth-order valence-electron chi connectivity index (χ4n) is 5.34. The number of hydrogen-bond acceptors (Lipinski definition) is 3. The van der Waals surface area contributed by atoms with E-state index in [0.717, 1.165) is 18.6 Å². The summed E-state index contributed by atoms with van der Waals surface area (Å²) in [6.07, 6.45) is 7.64. The van der Waals surface area contributed by atoms with Crippen molar-refractivity contribution in [3.05, 3.63) is 90.1 Å². The second-order valence-corrected chi connectivity index (χ2v) is 11.6. The number of benzene rings is 3. The Labute approximate surface area is 241 Å². The first kappa shape index (κ1) is 29.2. The number of nitrogens with zero attached hydrogens (tertiary/aromatic N) is 2. The monoisotopic (exact) mass is 606 g/mol. The molecule has 0 unspecified atom stereocenters. The summed E-state index contributed by atoms with van der Waals surface area (Å²) in [5.74, 6) is 0.